The highest BCUT2D eigenvalue weighted by atomic mass is 16.6. The van der Waals surface area contributed by atoms with Crippen LogP contribution in [0, 0.1) is 6.92 Å². The Hall–Kier alpha value is -1.33. The first-order valence-electron chi connectivity index (χ1n) is 5.41. The Bertz CT molecular complexity index is 421. The summed E-state index contributed by atoms with van der Waals surface area (Å²) in [6.45, 7) is 7.10. The lowest BCUT2D eigenvalue weighted by Gasteiger charge is -2.19. The summed E-state index contributed by atoms with van der Waals surface area (Å²) < 4.78 is 5.22. The molecule has 0 fully saturated rings. The van der Waals surface area contributed by atoms with Gasteiger partial charge in [0.1, 0.15) is 5.60 Å². The van der Waals surface area contributed by atoms with Crippen LogP contribution in [-0.2, 0) is 4.74 Å². The van der Waals surface area contributed by atoms with Crippen molar-refractivity contribution < 1.29 is 19.6 Å². The van der Waals surface area contributed by atoms with Gasteiger partial charge in [0.15, 0.2) is 0 Å². The summed E-state index contributed by atoms with van der Waals surface area (Å²) in [5, 5.41) is 18.1. The molecule has 0 saturated carbocycles. The number of carbonyl (C=O) groups excluding carboxylic acids is 1. The zero-order valence-electron chi connectivity index (χ0n) is 10.5. The minimum atomic E-state index is -1.53. The minimum Gasteiger partial charge on any atom is -0.456 e. The molecule has 92 valence electrons. The molecule has 0 atom stereocenters. The van der Waals surface area contributed by atoms with Crippen molar-refractivity contribution >= 4 is 18.6 Å². The van der Waals surface area contributed by atoms with Crippen LogP contribution in [0.25, 0.3) is 0 Å². The van der Waals surface area contributed by atoms with Gasteiger partial charge in [-0.1, -0.05) is 11.6 Å². The Labute approximate surface area is 101 Å². The van der Waals surface area contributed by atoms with Crippen LogP contribution in [0.4, 0.5) is 0 Å². The molecular weight excluding hydrogens is 219 g/mol. The van der Waals surface area contributed by atoms with Crippen LogP contribution in [0.5, 0.6) is 0 Å². The quantitative estimate of drug-likeness (QED) is 0.583. The Kier molecular flexibility index (Phi) is 3.96. The van der Waals surface area contributed by atoms with Crippen LogP contribution < -0.4 is 5.46 Å². The van der Waals surface area contributed by atoms with E-state index in [2.05, 4.69) is 0 Å². The maximum atomic E-state index is 11.7. The molecule has 17 heavy (non-hydrogen) atoms. The fourth-order valence-corrected chi connectivity index (χ4v) is 1.43. The lowest BCUT2D eigenvalue weighted by atomic mass is 9.77. The SMILES string of the molecule is Cc1cc(C(=O)OC(C)(C)C)ccc1B(O)O. The molecule has 1 aromatic carbocycles. The standard InChI is InChI=1S/C12H17BO4/c1-8-7-9(5-6-10(8)13(15)16)11(14)17-12(2,3)4/h5-7,15-16H,1-4H3. The van der Waals surface area contributed by atoms with Gasteiger partial charge in [0.2, 0.25) is 0 Å². The Morgan fingerprint density at radius 1 is 1.29 bits per heavy atom. The lowest BCUT2D eigenvalue weighted by Crippen LogP contribution is -2.32. The monoisotopic (exact) mass is 236 g/mol. The van der Waals surface area contributed by atoms with E-state index in [0.717, 1.165) is 0 Å². The molecule has 4 nitrogen and oxygen atoms in total. The van der Waals surface area contributed by atoms with Crippen LogP contribution in [0.2, 0.25) is 0 Å². The van der Waals surface area contributed by atoms with Crippen molar-refractivity contribution in [3.63, 3.8) is 0 Å². The minimum absolute atomic E-state index is 0.386. The molecule has 1 aromatic rings. The number of rotatable bonds is 2. The largest absolute Gasteiger partial charge is 0.488 e. The van der Waals surface area contributed by atoms with E-state index in [9.17, 15) is 4.79 Å². The summed E-state index contributed by atoms with van der Waals surface area (Å²) in [5.74, 6) is -0.417. The van der Waals surface area contributed by atoms with Gasteiger partial charge in [0.25, 0.3) is 0 Å². The first-order chi connectivity index (χ1) is 7.70. The van der Waals surface area contributed by atoms with E-state index in [0.29, 0.717) is 16.6 Å². The number of ether oxygens (including phenoxy) is 1. The van der Waals surface area contributed by atoms with E-state index < -0.39 is 18.7 Å². The molecule has 0 amide bonds. The number of carbonyl (C=O) groups is 1. The summed E-state index contributed by atoms with van der Waals surface area (Å²) in [6.07, 6.45) is 0. The van der Waals surface area contributed by atoms with E-state index >= 15 is 0 Å². The topological polar surface area (TPSA) is 66.8 Å². The van der Waals surface area contributed by atoms with Crippen molar-refractivity contribution in [3.8, 4) is 0 Å². The molecule has 0 unspecified atom stereocenters. The van der Waals surface area contributed by atoms with E-state index in [-0.39, 0.29) is 0 Å². The van der Waals surface area contributed by atoms with Gasteiger partial charge in [-0.3, -0.25) is 0 Å². The van der Waals surface area contributed by atoms with Gasteiger partial charge in [-0.2, -0.15) is 0 Å². The number of benzene rings is 1. The van der Waals surface area contributed by atoms with Crippen molar-refractivity contribution in [1.82, 2.24) is 0 Å². The summed E-state index contributed by atoms with van der Waals surface area (Å²) in [6, 6.07) is 4.62. The van der Waals surface area contributed by atoms with E-state index in [4.69, 9.17) is 14.8 Å². The molecule has 0 aliphatic carbocycles. The zero-order valence-corrected chi connectivity index (χ0v) is 10.5. The first kappa shape index (κ1) is 13.7. The summed E-state index contributed by atoms with van der Waals surface area (Å²) in [5.41, 5.74) is 0.891. The number of esters is 1. The van der Waals surface area contributed by atoms with Gasteiger partial charge in [-0.15, -0.1) is 0 Å². The first-order valence-corrected chi connectivity index (χ1v) is 5.41. The summed E-state index contributed by atoms with van der Waals surface area (Å²) in [4.78, 5) is 11.7. The van der Waals surface area contributed by atoms with Gasteiger partial charge in [-0.25, -0.2) is 4.79 Å². The Morgan fingerprint density at radius 2 is 1.88 bits per heavy atom. The molecule has 0 bridgehead atoms. The highest BCUT2D eigenvalue weighted by molar-refractivity contribution is 6.59. The molecule has 0 aromatic heterocycles. The number of aryl methyl sites for hydroxylation is 1. The molecule has 0 saturated heterocycles. The van der Waals surface area contributed by atoms with Crippen LogP contribution in [0.3, 0.4) is 0 Å². The van der Waals surface area contributed by atoms with E-state index in [1.165, 1.54) is 12.1 Å². The average Bonchev–Trinajstić information content (AvgIpc) is 2.14. The maximum Gasteiger partial charge on any atom is 0.488 e. The van der Waals surface area contributed by atoms with Crippen molar-refractivity contribution in [2.75, 3.05) is 0 Å². The molecule has 0 heterocycles. The molecule has 0 spiro atoms. The predicted molar refractivity (Wildman–Crippen MR) is 66.2 cm³/mol. The predicted octanol–water partition coefficient (Wildman–Crippen LogP) is 0.630. The van der Waals surface area contributed by atoms with Crippen molar-refractivity contribution in [2.45, 2.75) is 33.3 Å². The summed E-state index contributed by atoms with van der Waals surface area (Å²) >= 11 is 0. The summed E-state index contributed by atoms with van der Waals surface area (Å²) in [7, 11) is -1.53. The van der Waals surface area contributed by atoms with Crippen molar-refractivity contribution in [3.05, 3.63) is 29.3 Å². The number of hydrogen-bond donors (Lipinski definition) is 2. The maximum absolute atomic E-state index is 11.7. The highest BCUT2D eigenvalue weighted by Crippen LogP contribution is 2.12. The van der Waals surface area contributed by atoms with Crippen LogP contribution >= 0.6 is 0 Å². The fraction of sp³-hybridized carbons (Fsp3) is 0.417. The second-order valence-corrected chi connectivity index (χ2v) is 4.95. The second kappa shape index (κ2) is 4.90. The lowest BCUT2D eigenvalue weighted by molar-refractivity contribution is 0.00694. The third kappa shape index (κ3) is 3.87. The normalized spacial score (nSPS) is 11.2. The van der Waals surface area contributed by atoms with Gasteiger partial charge in [0.05, 0.1) is 5.56 Å². The van der Waals surface area contributed by atoms with Crippen molar-refractivity contribution in [2.24, 2.45) is 0 Å². The van der Waals surface area contributed by atoms with Gasteiger partial charge >= 0.3 is 13.1 Å². The smallest absolute Gasteiger partial charge is 0.456 e. The molecule has 5 heteroatoms. The van der Waals surface area contributed by atoms with Gasteiger partial charge in [-0.05, 0) is 45.3 Å². The van der Waals surface area contributed by atoms with Crippen LogP contribution in [0.15, 0.2) is 18.2 Å². The molecule has 0 aliphatic rings. The number of hydrogen-bond acceptors (Lipinski definition) is 4. The Balaban J connectivity index is 2.94. The third-order valence-electron chi connectivity index (χ3n) is 2.18. The fourth-order valence-electron chi connectivity index (χ4n) is 1.43. The molecule has 2 N–H and O–H groups in total. The zero-order chi connectivity index (χ0) is 13.2. The Morgan fingerprint density at radius 3 is 2.29 bits per heavy atom. The highest BCUT2D eigenvalue weighted by Gasteiger charge is 2.20. The van der Waals surface area contributed by atoms with E-state index in [1.54, 1.807) is 33.8 Å². The third-order valence-corrected chi connectivity index (χ3v) is 2.18. The molecule has 0 radical (unpaired) electrons. The molecule has 1 rings (SSSR count). The van der Waals surface area contributed by atoms with Gasteiger partial charge in [0, 0.05) is 0 Å². The van der Waals surface area contributed by atoms with Crippen LogP contribution in [0.1, 0.15) is 36.7 Å². The van der Waals surface area contributed by atoms with Gasteiger partial charge < -0.3 is 14.8 Å². The molecule has 0 aliphatic heterocycles. The van der Waals surface area contributed by atoms with Crippen molar-refractivity contribution in [1.29, 1.82) is 0 Å². The average molecular weight is 236 g/mol. The second-order valence-electron chi connectivity index (χ2n) is 4.95. The molecular formula is C12H17BO4. The van der Waals surface area contributed by atoms with Crippen LogP contribution in [-0.4, -0.2) is 28.7 Å². The van der Waals surface area contributed by atoms with E-state index in [1.807, 2.05) is 0 Å².